The molecule has 2 aromatic heterocycles. The average molecular weight is 367 g/mol. The topological polar surface area (TPSA) is 118 Å². The molecule has 8 nitrogen and oxygen atoms in total. The Morgan fingerprint density at radius 1 is 1.26 bits per heavy atom. The predicted molar refractivity (Wildman–Crippen MR) is 100 cm³/mol. The first-order valence-electron chi connectivity index (χ1n) is 8.29. The molecule has 0 aliphatic carbocycles. The molecule has 0 saturated carbocycles. The highest BCUT2D eigenvalue weighted by atomic mass is 16.6. The number of furan rings is 1. The Morgan fingerprint density at radius 3 is 2.81 bits per heavy atom. The maximum Gasteiger partial charge on any atom is 0.433 e. The number of hydrogen-bond donors (Lipinski definition) is 2. The van der Waals surface area contributed by atoms with Gasteiger partial charge < -0.3 is 14.8 Å². The van der Waals surface area contributed by atoms with Gasteiger partial charge in [0.25, 0.3) is 5.91 Å². The molecular weight excluding hydrogens is 350 g/mol. The predicted octanol–water partition coefficient (Wildman–Crippen LogP) is 3.02. The summed E-state index contributed by atoms with van der Waals surface area (Å²) >= 11 is 0. The van der Waals surface area contributed by atoms with Gasteiger partial charge in [0, 0.05) is 18.5 Å². The van der Waals surface area contributed by atoms with Crippen molar-refractivity contribution in [3.05, 3.63) is 69.6 Å². The average Bonchev–Trinajstić information content (AvgIpc) is 3.15. The zero-order valence-corrected chi connectivity index (χ0v) is 14.3. The third-order valence-electron chi connectivity index (χ3n) is 3.81. The molecule has 8 heteroatoms. The number of nitrogens with one attached hydrogen (secondary N) is 1. The Balaban J connectivity index is 1.92. The largest absolute Gasteiger partial charge is 0.433 e. The van der Waals surface area contributed by atoms with Gasteiger partial charge in [-0.25, -0.2) is 4.98 Å². The Labute approximate surface area is 154 Å². The summed E-state index contributed by atoms with van der Waals surface area (Å²) < 4.78 is 5.08. The highest BCUT2D eigenvalue weighted by Crippen LogP contribution is 2.21. The first kappa shape index (κ1) is 18.3. The van der Waals surface area contributed by atoms with E-state index in [2.05, 4.69) is 10.3 Å². The van der Waals surface area contributed by atoms with Gasteiger partial charge in [-0.15, -0.1) is 0 Å². The van der Waals surface area contributed by atoms with E-state index < -0.39 is 4.92 Å². The van der Waals surface area contributed by atoms with E-state index in [1.54, 1.807) is 24.3 Å². The van der Waals surface area contributed by atoms with Gasteiger partial charge in [0.2, 0.25) is 0 Å². The standard InChI is InChI=1S/C19H17N3O5/c23-11-3-10-20-19(24)16-12-13(21-17-5-2-1-4-15(16)17)6-7-14-8-9-18(27-14)22(25)26/h1-2,4-9,12,23H,3,10-11H2,(H,20,24). The number of aromatic nitrogens is 1. The number of aliphatic hydroxyl groups excluding tert-OH is 1. The van der Waals surface area contributed by atoms with Crippen LogP contribution in [0.4, 0.5) is 5.88 Å². The molecule has 3 aromatic rings. The van der Waals surface area contributed by atoms with Crippen LogP contribution < -0.4 is 5.32 Å². The second kappa shape index (κ2) is 8.24. The summed E-state index contributed by atoms with van der Waals surface area (Å²) in [6.45, 7) is 0.369. The minimum Gasteiger partial charge on any atom is -0.401 e. The van der Waals surface area contributed by atoms with Gasteiger partial charge in [-0.1, -0.05) is 18.2 Å². The highest BCUT2D eigenvalue weighted by molar-refractivity contribution is 6.06. The lowest BCUT2D eigenvalue weighted by Crippen LogP contribution is -2.25. The van der Waals surface area contributed by atoms with Crippen molar-refractivity contribution in [2.24, 2.45) is 0 Å². The third-order valence-corrected chi connectivity index (χ3v) is 3.81. The summed E-state index contributed by atoms with van der Waals surface area (Å²) in [6.07, 6.45) is 3.65. The van der Waals surface area contributed by atoms with Gasteiger partial charge >= 0.3 is 5.88 Å². The Hall–Kier alpha value is -3.52. The number of pyridine rings is 1. The maximum absolute atomic E-state index is 12.5. The van der Waals surface area contributed by atoms with E-state index in [0.717, 1.165) is 0 Å². The molecule has 1 amide bonds. The summed E-state index contributed by atoms with van der Waals surface area (Å²) in [5.74, 6) is -0.291. The molecule has 0 bridgehead atoms. The fraction of sp³-hybridized carbons (Fsp3) is 0.158. The van der Waals surface area contributed by atoms with Crippen LogP contribution in [-0.4, -0.2) is 34.1 Å². The van der Waals surface area contributed by atoms with Crippen molar-refractivity contribution in [1.29, 1.82) is 0 Å². The van der Waals surface area contributed by atoms with Crippen LogP contribution in [0.25, 0.3) is 23.1 Å². The maximum atomic E-state index is 12.5. The van der Waals surface area contributed by atoms with E-state index in [4.69, 9.17) is 9.52 Å². The number of amides is 1. The van der Waals surface area contributed by atoms with Crippen molar-refractivity contribution >= 4 is 34.8 Å². The van der Waals surface area contributed by atoms with Crippen molar-refractivity contribution in [2.75, 3.05) is 13.2 Å². The zero-order chi connectivity index (χ0) is 19.2. The van der Waals surface area contributed by atoms with Crippen LogP contribution >= 0.6 is 0 Å². The van der Waals surface area contributed by atoms with Gasteiger partial charge in [0.15, 0.2) is 0 Å². The Morgan fingerprint density at radius 2 is 2.07 bits per heavy atom. The molecule has 0 saturated heterocycles. The lowest BCUT2D eigenvalue weighted by atomic mass is 10.1. The minimum atomic E-state index is -0.611. The number of carbonyl (C=O) groups excluding carboxylic acids is 1. The molecule has 1 aromatic carbocycles. The smallest absolute Gasteiger partial charge is 0.401 e. The number of para-hydroxylation sites is 1. The lowest BCUT2D eigenvalue weighted by Gasteiger charge is -2.08. The van der Waals surface area contributed by atoms with E-state index in [1.165, 1.54) is 12.1 Å². The molecule has 0 unspecified atom stereocenters. The molecule has 0 spiro atoms. The molecule has 0 radical (unpaired) electrons. The zero-order valence-electron chi connectivity index (χ0n) is 14.3. The molecular formula is C19H17N3O5. The fourth-order valence-electron chi connectivity index (χ4n) is 2.54. The Kier molecular flexibility index (Phi) is 5.58. The summed E-state index contributed by atoms with van der Waals surface area (Å²) in [4.78, 5) is 27.1. The van der Waals surface area contributed by atoms with Gasteiger partial charge in [-0.05, 0) is 36.8 Å². The van der Waals surface area contributed by atoms with Crippen LogP contribution in [0.1, 0.15) is 28.2 Å². The van der Waals surface area contributed by atoms with Crippen molar-refractivity contribution in [1.82, 2.24) is 10.3 Å². The fourth-order valence-corrected chi connectivity index (χ4v) is 2.54. The van der Waals surface area contributed by atoms with Crippen LogP contribution in [0, 0.1) is 10.1 Å². The van der Waals surface area contributed by atoms with Gasteiger partial charge in [0.05, 0.1) is 22.8 Å². The molecule has 0 aliphatic heterocycles. The van der Waals surface area contributed by atoms with Crippen LogP contribution in [0.3, 0.4) is 0 Å². The van der Waals surface area contributed by atoms with E-state index in [0.29, 0.717) is 40.9 Å². The van der Waals surface area contributed by atoms with Gasteiger partial charge in [0.1, 0.15) is 10.7 Å². The summed E-state index contributed by atoms with van der Waals surface area (Å²) in [5.41, 5.74) is 1.63. The summed E-state index contributed by atoms with van der Waals surface area (Å²) in [7, 11) is 0. The molecule has 0 atom stereocenters. The van der Waals surface area contributed by atoms with Gasteiger partial charge in [-0.2, -0.15) is 0 Å². The molecule has 0 fully saturated rings. The molecule has 138 valence electrons. The Bertz CT molecular complexity index is 1010. The highest BCUT2D eigenvalue weighted by Gasteiger charge is 2.13. The number of rotatable bonds is 7. The van der Waals surface area contributed by atoms with Gasteiger partial charge in [-0.3, -0.25) is 14.9 Å². The van der Waals surface area contributed by atoms with Crippen LogP contribution in [-0.2, 0) is 0 Å². The SMILES string of the molecule is O=C(NCCCO)c1cc(C=Cc2ccc([N+](=O)[O-])o2)nc2ccccc12. The first-order valence-corrected chi connectivity index (χ1v) is 8.29. The van der Waals surface area contributed by atoms with Crippen LogP contribution in [0.5, 0.6) is 0 Å². The number of fused-ring (bicyclic) bond motifs is 1. The first-order chi connectivity index (χ1) is 13.1. The van der Waals surface area contributed by atoms with E-state index >= 15 is 0 Å². The minimum absolute atomic E-state index is 0.000639. The number of aliphatic hydroxyl groups is 1. The monoisotopic (exact) mass is 367 g/mol. The van der Waals surface area contributed by atoms with E-state index in [-0.39, 0.29) is 18.4 Å². The second-order valence-electron chi connectivity index (χ2n) is 5.71. The van der Waals surface area contributed by atoms with Crippen molar-refractivity contribution in [3.63, 3.8) is 0 Å². The molecule has 0 aliphatic rings. The lowest BCUT2D eigenvalue weighted by molar-refractivity contribution is -0.402. The molecule has 27 heavy (non-hydrogen) atoms. The third kappa shape index (κ3) is 4.36. The number of nitro groups is 1. The molecule has 3 rings (SSSR count). The van der Waals surface area contributed by atoms with Crippen LogP contribution in [0.15, 0.2) is 46.9 Å². The van der Waals surface area contributed by atoms with E-state index in [1.807, 2.05) is 18.2 Å². The quantitative estimate of drug-likeness (QED) is 0.376. The second-order valence-corrected chi connectivity index (χ2v) is 5.71. The van der Waals surface area contributed by atoms with Crippen molar-refractivity contribution < 1.29 is 19.2 Å². The molecule has 2 heterocycles. The summed E-state index contributed by atoms with van der Waals surface area (Å²) in [6, 6.07) is 11.7. The number of nitrogens with zero attached hydrogens (tertiary/aromatic N) is 2. The summed E-state index contributed by atoms with van der Waals surface area (Å²) in [5, 5.41) is 23.0. The number of carbonyl (C=O) groups is 1. The van der Waals surface area contributed by atoms with Crippen molar-refractivity contribution in [3.8, 4) is 0 Å². The number of benzene rings is 1. The van der Waals surface area contributed by atoms with E-state index in [9.17, 15) is 14.9 Å². The number of hydrogen-bond acceptors (Lipinski definition) is 6. The van der Waals surface area contributed by atoms with Crippen LogP contribution in [0.2, 0.25) is 0 Å². The van der Waals surface area contributed by atoms with Crippen molar-refractivity contribution in [2.45, 2.75) is 6.42 Å². The molecule has 2 N–H and O–H groups in total. The normalized spacial score (nSPS) is 11.1.